The van der Waals surface area contributed by atoms with Crippen molar-refractivity contribution < 1.29 is 9.47 Å². The minimum Gasteiger partial charge on any atom is -0.497 e. The van der Waals surface area contributed by atoms with Crippen molar-refractivity contribution in [3.63, 3.8) is 0 Å². The van der Waals surface area contributed by atoms with E-state index >= 15 is 0 Å². The first-order chi connectivity index (χ1) is 7.31. The van der Waals surface area contributed by atoms with E-state index in [-0.39, 0.29) is 12.7 Å². The van der Waals surface area contributed by atoms with E-state index in [2.05, 4.69) is 12.5 Å². The highest BCUT2D eigenvalue weighted by atomic mass is 16.5. The zero-order valence-corrected chi connectivity index (χ0v) is 8.77. The van der Waals surface area contributed by atoms with Crippen molar-refractivity contribution in [3.05, 3.63) is 42.5 Å². The number of hydrogen-bond acceptors (Lipinski definition) is 2. The van der Waals surface area contributed by atoms with Crippen molar-refractivity contribution in [2.45, 2.75) is 6.10 Å². The second-order valence-corrected chi connectivity index (χ2v) is 2.94. The molecule has 1 aromatic rings. The molecule has 1 unspecified atom stereocenters. The van der Waals surface area contributed by atoms with Gasteiger partial charge in [0.25, 0.3) is 0 Å². The summed E-state index contributed by atoms with van der Waals surface area (Å²) in [5.74, 6) is 3.25. The second kappa shape index (κ2) is 5.90. The maximum atomic E-state index is 5.41. The Labute approximate surface area is 90.5 Å². The summed E-state index contributed by atoms with van der Waals surface area (Å²) in [6, 6.07) is 7.62. The first-order valence-electron chi connectivity index (χ1n) is 4.63. The Morgan fingerprint density at radius 2 is 2.13 bits per heavy atom. The normalized spacial score (nSPS) is 11.5. The molecule has 0 amide bonds. The van der Waals surface area contributed by atoms with Crippen molar-refractivity contribution >= 4 is 0 Å². The van der Waals surface area contributed by atoms with Crippen molar-refractivity contribution in [1.82, 2.24) is 0 Å². The van der Waals surface area contributed by atoms with Gasteiger partial charge in [-0.2, -0.15) is 0 Å². The summed E-state index contributed by atoms with van der Waals surface area (Å²) in [6.07, 6.45) is 6.69. The molecule has 2 heteroatoms. The summed E-state index contributed by atoms with van der Waals surface area (Å²) in [4.78, 5) is 0. The molecule has 0 saturated carbocycles. The van der Waals surface area contributed by atoms with Gasteiger partial charge in [-0.1, -0.05) is 24.1 Å². The largest absolute Gasteiger partial charge is 0.497 e. The van der Waals surface area contributed by atoms with E-state index in [1.54, 1.807) is 13.2 Å². The molecule has 0 aliphatic heterocycles. The van der Waals surface area contributed by atoms with Gasteiger partial charge in [0, 0.05) is 0 Å². The molecule has 15 heavy (non-hydrogen) atoms. The summed E-state index contributed by atoms with van der Waals surface area (Å²) in [6.45, 7) is 3.99. The molecule has 1 aromatic carbocycles. The molecule has 0 fully saturated rings. The molecule has 0 aromatic heterocycles. The van der Waals surface area contributed by atoms with Gasteiger partial charge in [-0.15, -0.1) is 13.0 Å². The lowest BCUT2D eigenvalue weighted by Gasteiger charge is -2.12. The van der Waals surface area contributed by atoms with Gasteiger partial charge in [-0.3, -0.25) is 0 Å². The highest BCUT2D eigenvalue weighted by Crippen LogP contribution is 2.21. The lowest BCUT2D eigenvalue weighted by atomic mass is 10.1. The van der Waals surface area contributed by atoms with Gasteiger partial charge < -0.3 is 9.47 Å². The summed E-state index contributed by atoms with van der Waals surface area (Å²) in [7, 11) is 1.63. The Balaban J connectivity index is 2.74. The van der Waals surface area contributed by atoms with Gasteiger partial charge in [0.05, 0.1) is 7.11 Å². The molecule has 0 aliphatic carbocycles. The van der Waals surface area contributed by atoms with Crippen molar-refractivity contribution in [2.75, 3.05) is 13.7 Å². The highest BCUT2D eigenvalue weighted by molar-refractivity contribution is 5.30. The van der Waals surface area contributed by atoms with Gasteiger partial charge in [0.15, 0.2) is 0 Å². The number of hydrogen-bond donors (Lipinski definition) is 0. The van der Waals surface area contributed by atoms with Crippen LogP contribution in [0.1, 0.15) is 11.7 Å². The molecule has 0 N–H and O–H groups in total. The number of rotatable bonds is 5. The monoisotopic (exact) mass is 202 g/mol. The Bertz CT molecular complexity index is 346. The summed E-state index contributed by atoms with van der Waals surface area (Å²) < 4.78 is 10.5. The van der Waals surface area contributed by atoms with Crippen LogP contribution in [0.2, 0.25) is 0 Å². The van der Waals surface area contributed by atoms with Gasteiger partial charge in [-0.05, 0) is 17.7 Å². The predicted molar refractivity (Wildman–Crippen MR) is 60.7 cm³/mol. The quantitative estimate of drug-likeness (QED) is 0.539. The van der Waals surface area contributed by atoms with Crippen LogP contribution in [0, 0.1) is 12.3 Å². The van der Waals surface area contributed by atoms with E-state index in [1.807, 2.05) is 24.3 Å². The van der Waals surface area contributed by atoms with E-state index in [4.69, 9.17) is 15.9 Å². The lowest BCUT2D eigenvalue weighted by Crippen LogP contribution is -2.01. The van der Waals surface area contributed by atoms with Crippen LogP contribution in [0.15, 0.2) is 36.9 Å². The fourth-order valence-corrected chi connectivity index (χ4v) is 1.23. The van der Waals surface area contributed by atoms with Crippen LogP contribution in [0.3, 0.4) is 0 Å². The minimum atomic E-state index is -0.160. The molecular formula is C13H14O2. The van der Waals surface area contributed by atoms with Crippen LogP contribution >= 0.6 is 0 Å². The predicted octanol–water partition coefficient (Wildman–Crippen LogP) is 2.57. The fourth-order valence-electron chi connectivity index (χ4n) is 1.23. The number of benzene rings is 1. The minimum absolute atomic E-state index is 0.160. The molecule has 1 rings (SSSR count). The van der Waals surface area contributed by atoms with Crippen molar-refractivity contribution in [1.29, 1.82) is 0 Å². The van der Waals surface area contributed by atoms with Crippen LogP contribution in [0.25, 0.3) is 0 Å². The zero-order chi connectivity index (χ0) is 11.1. The van der Waals surface area contributed by atoms with E-state index in [0.29, 0.717) is 0 Å². The summed E-state index contributed by atoms with van der Waals surface area (Å²) in [5.41, 5.74) is 1.01. The highest BCUT2D eigenvalue weighted by Gasteiger charge is 2.06. The smallest absolute Gasteiger partial charge is 0.118 e. The molecule has 0 saturated heterocycles. The van der Waals surface area contributed by atoms with Crippen LogP contribution < -0.4 is 4.74 Å². The fraction of sp³-hybridized carbons (Fsp3) is 0.231. The average molecular weight is 202 g/mol. The van der Waals surface area contributed by atoms with Crippen molar-refractivity contribution in [3.8, 4) is 18.1 Å². The van der Waals surface area contributed by atoms with E-state index in [9.17, 15) is 0 Å². The lowest BCUT2D eigenvalue weighted by molar-refractivity contribution is 0.114. The molecular weight excluding hydrogens is 188 g/mol. The van der Waals surface area contributed by atoms with E-state index < -0.39 is 0 Å². The molecule has 0 spiro atoms. The Morgan fingerprint density at radius 3 is 2.60 bits per heavy atom. The van der Waals surface area contributed by atoms with Gasteiger partial charge in [0.1, 0.15) is 18.5 Å². The first-order valence-corrected chi connectivity index (χ1v) is 4.63. The first kappa shape index (κ1) is 11.4. The SMILES string of the molecule is C#CCOC(C=C)c1ccc(OC)cc1. The third-order valence-corrected chi connectivity index (χ3v) is 2.00. The molecule has 0 heterocycles. The standard InChI is InChI=1S/C13H14O2/c1-4-10-15-13(5-2)11-6-8-12(14-3)9-7-11/h1,5-9,13H,2,10H2,3H3. The van der Waals surface area contributed by atoms with Crippen LogP contribution in [-0.4, -0.2) is 13.7 Å². The molecule has 0 aliphatic rings. The maximum Gasteiger partial charge on any atom is 0.118 e. The third-order valence-electron chi connectivity index (χ3n) is 2.00. The van der Waals surface area contributed by atoms with Gasteiger partial charge in [0.2, 0.25) is 0 Å². The molecule has 1 atom stereocenters. The van der Waals surface area contributed by atoms with Crippen molar-refractivity contribution in [2.24, 2.45) is 0 Å². The third kappa shape index (κ3) is 3.16. The van der Waals surface area contributed by atoms with E-state index in [1.165, 1.54) is 0 Å². The average Bonchev–Trinajstić information content (AvgIpc) is 2.31. The number of methoxy groups -OCH3 is 1. The molecule has 2 nitrogen and oxygen atoms in total. The summed E-state index contributed by atoms with van der Waals surface area (Å²) >= 11 is 0. The zero-order valence-electron chi connectivity index (χ0n) is 8.77. The molecule has 78 valence electrons. The van der Waals surface area contributed by atoms with Gasteiger partial charge >= 0.3 is 0 Å². The topological polar surface area (TPSA) is 18.5 Å². The maximum absolute atomic E-state index is 5.41. The second-order valence-electron chi connectivity index (χ2n) is 2.94. The molecule has 0 radical (unpaired) electrons. The summed E-state index contributed by atoms with van der Waals surface area (Å²) in [5, 5.41) is 0. The molecule has 0 bridgehead atoms. The van der Waals surface area contributed by atoms with Crippen LogP contribution in [-0.2, 0) is 4.74 Å². The Kier molecular flexibility index (Phi) is 4.46. The van der Waals surface area contributed by atoms with Crippen LogP contribution in [0.5, 0.6) is 5.75 Å². The number of ether oxygens (including phenoxy) is 2. The Morgan fingerprint density at radius 1 is 1.47 bits per heavy atom. The van der Waals surface area contributed by atoms with Gasteiger partial charge in [-0.25, -0.2) is 0 Å². The Hall–Kier alpha value is -1.72. The number of terminal acetylenes is 1. The van der Waals surface area contributed by atoms with Crippen LogP contribution in [0.4, 0.5) is 0 Å². The van der Waals surface area contributed by atoms with E-state index in [0.717, 1.165) is 11.3 Å².